The van der Waals surface area contributed by atoms with E-state index < -0.39 is 0 Å². The molecule has 1 aromatic heterocycles. The van der Waals surface area contributed by atoms with Crippen LogP contribution in [0.15, 0.2) is 22.7 Å². The molecule has 0 bridgehead atoms. The summed E-state index contributed by atoms with van der Waals surface area (Å²) in [5.74, 6) is 0.526. The van der Waals surface area contributed by atoms with Crippen molar-refractivity contribution in [1.82, 2.24) is 15.0 Å². The molecule has 2 N–H and O–H groups in total. The van der Waals surface area contributed by atoms with Crippen molar-refractivity contribution < 1.29 is 19.5 Å². The lowest BCUT2D eigenvalue weighted by molar-refractivity contribution is -0.0264. The van der Waals surface area contributed by atoms with Gasteiger partial charge in [-0.25, -0.2) is 0 Å². The van der Waals surface area contributed by atoms with Gasteiger partial charge in [-0.1, -0.05) is 5.16 Å². The zero-order chi connectivity index (χ0) is 14.1. The summed E-state index contributed by atoms with van der Waals surface area (Å²) in [4.78, 5) is 6.39. The van der Waals surface area contributed by atoms with Crippen molar-refractivity contribution in [3.8, 4) is 23.0 Å². The first kappa shape index (κ1) is 12.9. The highest BCUT2D eigenvalue weighted by Gasteiger charge is 2.25. The Balaban J connectivity index is 1.86. The molecule has 0 amide bonds. The molecule has 3 rings (SSSR count). The predicted octanol–water partition coefficient (Wildman–Crippen LogP) is 1.15. The van der Waals surface area contributed by atoms with Crippen LogP contribution in [0.4, 0.5) is 0 Å². The molecule has 0 radical (unpaired) electrons. The van der Waals surface area contributed by atoms with Gasteiger partial charge in [0.1, 0.15) is 17.6 Å². The average Bonchev–Trinajstić information content (AvgIpc) is 2.88. The number of ether oxygens (including phenoxy) is 1. The molecule has 2 heterocycles. The van der Waals surface area contributed by atoms with E-state index in [1.165, 1.54) is 18.2 Å². The predicted molar refractivity (Wildman–Crippen MR) is 69.3 cm³/mol. The number of nitrogens with zero attached hydrogens (tertiary/aromatic N) is 3. The zero-order valence-corrected chi connectivity index (χ0v) is 11.0. The van der Waals surface area contributed by atoms with Crippen molar-refractivity contribution in [2.24, 2.45) is 0 Å². The highest BCUT2D eigenvalue weighted by molar-refractivity contribution is 5.63. The minimum atomic E-state index is -0.231. The molecule has 7 heteroatoms. The van der Waals surface area contributed by atoms with E-state index in [1.54, 1.807) is 0 Å². The Hall–Kier alpha value is -2.12. The highest BCUT2D eigenvalue weighted by Crippen LogP contribution is 2.31. The first-order valence-corrected chi connectivity index (χ1v) is 6.29. The summed E-state index contributed by atoms with van der Waals surface area (Å²) < 4.78 is 10.8. The number of aromatic hydroxyl groups is 2. The number of hydrogen-bond donors (Lipinski definition) is 2. The molecular formula is C13H15N3O4. The topological polar surface area (TPSA) is 91.9 Å². The molecule has 2 aromatic rings. The van der Waals surface area contributed by atoms with Crippen LogP contribution < -0.4 is 0 Å². The van der Waals surface area contributed by atoms with Gasteiger partial charge < -0.3 is 24.4 Å². The number of phenolic OH excluding ortho intramolecular Hbond substituents is 2. The van der Waals surface area contributed by atoms with Crippen molar-refractivity contribution in [2.75, 3.05) is 26.7 Å². The third kappa shape index (κ3) is 2.45. The molecule has 1 saturated heterocycles. The molecule has 20 heavy (non-hydrogen) atoms. The Labute approximate surface area is 115 Å². The second-order valence-corrected chi connectivity index (χ2v) is 4.78. The molecule has 1 aromatic carbocycles. The van der Waals surface area contributed by atoms with Gasteiger partial charge in [-0.2, -0.15) is 4.98 Å². The van der Waals surface area contributed by atoms with Crippen LogP contribution in [0.1, 0.15) is 11.9 Å². The number of benzene rings is 1. The monoisotopic (exact) mass is 277 g/mol. The molecule has 7 nitrogen and oxygen atoms in total. The normalized spacial score (nSPS) is 20.1. The second-order valence-electron chi connectivity index (χ2n) is 4.78. The van der Waals surface area contributed by atoms with Crippen LogP contribution in [0.5, 0.6) is 11.5 Å². The maximum atomic E-state index is 9.78. The first-order valence-electron chi connectivity index (χ1n) is 6.29. The summed E-state index contributed by atoms with van der Waals surface area (Å²) in [7, 11) is 2.00. The summed E-state index contributed by atoms with van der Waals surface area (Å²) in [6.07, 6.45) is -0.231. The molecule has 1 fully saturated rings. The molecule has 0 aliphatic carbocycles. The summed E-state index contributed by atoms with van der Waals surface area (Å²) in [5, 5.41) is 23.0. The van der Waals surface area contributed by atoms with E-state index in [1.807, 2.05) is 7.05 Å². The van der Waals surface area contributed by atoms with Crippen LogP contribution >= 0.6 is 0 Å². The number of morpholine rings is 1. The maximum absolute atomic E-state index is 9.78. The van der Waals surface area contributed by atoms with Gasteiger partial charge in [0.15, 0.2) is 0 Å². The van der Waals surface area contributed by atoms with Gasteiger partial charge in [-0.05, 0) is 19.2 Å². The van der Waals surface area contributed by atoms with Crippen LogP contribution in [-0.2, 0) is 4.74 Å². The molecule has 0 spiro atoms. The standard InChI is InChI=1S/C13H15N3O4/c1-16-4-5-19-11(7-16)12-14-13(20-15-12)9-3-2-8(17)6-10(9)18/h2-3,6,11,17-18H,4-5,7H2,1H3. The Kier molecular flexibility index (Phi) is 3.29. The van der Waals surface area contributed by atoms with Gasteiger partial charge in [0.2, 0.25) is 5.82 Å². The minimum Gasteiger partial charge on any atom is -0.508 e. The molecule has 106 valence electrons. The molecular weight excluding hydrogens is 262 g/mol. The number of phenols is 2. The summed E-state index contributed by atoms with van der Waals surface area (Å²) in [6.45, 7) is 2.19. The fourth-order valence-corrected chi connectivity index (χ4v) is 2.11. The van der Waals surface area contributed by atoms with Crippen LogP contribution in [-0.4, -0.2) is 52.0 Å². The number of rotatable bonds is 2. The van der Waals surface area contributed by atoms with Crippen LogP contribution in [0.3, 0.4) is 0 Å². The van der Waals surface area contributed by atoms with Gasteiger partial charge in [-0.15, -0.1) is 0 Å². The van der Waals surface area contributed by atoms with E-state index >= 15 is 0 Å². The van der Waals surface area contributed by atoms with E-state index in [2.05, 4.69) is 15.0 Å². The smallest absolute Gasteiger partial charge is 0.261 e. The Bertz CT molecular complexity index is 613. The lowest BCUT2D eigenvalue weighted by Crippen LogP contribution is -2.35. The third-order valence-corrected chi connectivity index (χ3v) is 3.21. The molecule has 1 aliphatic heterocycles. The van der Waals surface area contributed by atoms with E-state index in [9.17, 15) is 10.2 Å². The number of aromatic nitrogens is 2. The molecule has 1 unspecified atom stereocenters. The van der Waals surface area contributed by atoms with Crippen molar-refractivity contribution in [2.45, 2.75) is 6.10 Å². The Morgan fingerprint density at radius 2 is 2.20 bits per heavy atom. The van der Waals surface area contributed by atoms with E-state index in [0.717, 1.165) is 6.54 Å². The molecule has 1 aliphatic rings. The molecule has 1 atom stereocenters. The van der Waals surface area contributed by atoms with Gasteiger partial charge >= 0.3 is 0 Å². The average molecular weight is 277 g/mol. The Morgan fingerprint density at radius 3 is 2.95 bits per heavy atom. The van der Waals surface area contributed by atoms with Crippen molar-refractivity contribution in [3.63, 3.8) is 0 Å². The maximum Gasteiger partial charge on any atom is 0.261 e. The van der Waals surface area contributed by atoms with Crippen LogP contribution in [0, 0.1) is 0 Å². The van der Waals surface area contributed by atoms with Crippen molar-refractivity contribution in [3.05, 3.63) is 24.0 Å². The summed E-state index contributed by atoms with van der Waals surface area (Å²) in [6, 6.07) is 4.20. The first-order chi connectivity index (χ1) is 9.63. The SMILES string of the molecule is CN1CCOC(c2noc(-c3ccc(O)cc3O)n2)C1. The lowest BCUT2D eigenvalue weighted by Gasteiger charge is -2.27. The molecule has 0 saturated carbocycles. The quantitative estimate of drug-likeness (QED) is 0.850. The zero-order valence-electron chi connectivity index (χ0n) is 11.0. The van der Waals surface area contributed by atoms with Crippen LogP contribution in [0.25, 0.3) is 11.5 Å². The van der Waals surface area contributed by atoms with E-state index in [4.69, 9.17) is 9.26 Å². The Morgan fingerprint density at radius 1 is 1.35 bits per heavy atom. The largest absolute Gasteiger partial charge is 0.508 e. The fourth-order valence-electron chi connectivity index (χ4n) is 2.11. The van der Waals surface area contributed by atoms with Crippen molar-refractivity contribution in [1.29, 1.82) is 0 Å². The van der Waals surface area contributed by atoms with E-state index in [-0.39, 0.29) is 23.5 Å². The van der Waals surface area contributed by atoms with Crippen LogP contribution in [0.2, 0.25) is 0 Å². The van der Waals surface area contributed by atoms with Gasteiger partial charge in [-0.3, -0.25) is 0 Å². The fraction of sp³-hybridized carbons (Fsp3) is 0.385. The third-order valence-electron chi connectivity index (χ3n) is 3.21. The van der Waals surface area contributed by atoms with Crippen molar-refractivity contribution >= 4 is 0 Å². The van der Waals surface area contributed by atoms with Gasteiger partial charge in [0.05, 0.1) is 12.2 Å². The second kappa shape index (κ2) is 5.10. The highest BCUT2D eigenvalue weighted by atomic mass is 16.5. The summed E-state index contributed by atoms with van der Waals surface area (Å²) in [5.41, 5.74) is 0.380. The van der Waals surface area contributed by atoms with Gasteiger partial charge in [0.25, 0.3) is 5.89 Å². The van der Waals surface area contributed by atoms with Gasteiger partial charge in [0, 0.05) is 19.2 Å². The number of likely N-dealkylation sites (N-methyl/N-ethyl adjacent to an activating group) is 1. The lowest BCUT2D eigenvalue weighted by atomic mass is 10.2. The number of hydrogen-bond acceptors (Lipinski definition) is 7. The van der Waals surface area contributed by atoms with E-state index in [0.29, 0.717) is 24.5 Å². The minimum absolute atomic E-state index is 0.0248. The summed E-state index contributed by atoms with van der Waals surface area (Å²) >= 11 is 0.